The maximum atomic E-state index is 11.3. The van der Waals surface area contributed by atoms with Gasteiger partial charge in [0.15, 0.2) is 0 Å². The molecule has 0 saturated carbocycles. The van der Waals surface area contributed by atoms with E-state index in [1.807, 2.05) is 20.1 Å². The number of rotatable bonds is 6. The zero-order valence-corrected chi connectivity index (χ0v) is 11.8. The molecule has 3 N–H and O–H groups in total. The molecule has 0 heterocycles. The Balaban J connectivity index is 2.88. The van der Waals surface area contributed by atoms with Crippen molar-refractivity contribution in [2.75, 3.05) is 0 Å². The second-order valence-corrected chi connectivity index (χ2v) is 4.93. The van der Waals surface area contributed by atoms with Crippen LogP contribution in [0, 0.1) is 0 Å². The highest BCUT2D eigenvalue weighted by Crippen LogP contribution is 2.22. The molecule has 0 aliphatic heterocycles. The van der Waals surface area contributed by atoms with Crippen molar-refractivity contribution in [2.24, 2.45) is 5.73 Å². The highest BCUT2D eigenvalue weighted by Gasteiger charge is 2.33. The Kier molecular flexibility index (Phi) is 6.18. The number of ether oxygens (including phenoxy) is 1. The monoisotopic (exact) mass is 267 g/mol. The molecule has 0 aromatic rings. The van der Waals surface area contributed by atoms with Crippen LogP contribution < -0.4 is 11.1 Å². The number of amides is 1. The van der Waals surface area contributed by atoms with Gasteiger partial charge in [-0.25, -0.2) is 0 Å². The molecule has 1 amide bonds. The van der Waals surface area contributed by atoms with Crippen molar-refractivity contribution in [3.8, 4) is 0 Å². The first-order valence-corrected chi connectivity index (χ1v) is 6.78. The van der Waals surface area contributed by atoms with Crippen LogP contribution in [-0.4, -0.2) is 36.5 Å². The molecule has 0 fully saturated rings. The van der Waals surface area contributed by atoms with Crippen LogP contribution in [0.25, 0.3) is 0 Å². The van der Waals surface area contributed by atoms with Gasteiger partial charge in [-0.2, -0.15) is 0 Å². The van der Waals surface area contributed by atoms with Crippen LogP contribution in [-0.2, 0) is 14.3 Å². The van der Waals surface area contributed by atoms with Crippen LogP contribution in [0.5, 0.6) is 0 Å². The van der Waals surface area contributed by atoms with E-state index in [0.29, 0.717) is 12.0 Å². The van der Waals surface area contributed by atoms with Crippen LogP contribution >= 0.6 is 0 Å². The van der Waals surface area contributed by atoms with Crippen molar-refractivity contribution < 1.29 is 14.3 Å². The van der Waals surface area contributed by atoms with E-state index < -0.39 is 0 Å². The Labute approximate surface area is 114 Å². The smallest absolute Gasteiger partial charge is 0.228 e. The first-order chi connectivity index (χ1) is 9.01. The van der Waals surface area contributed by atoms with Crippen molar-refractivity contribution in [1.29, 1.82) is 0 Å². The molecule has 19 heavy (non-hydrogen) atoms. The summed E-state index contributed by atoms with van der Waals surface area (Å²) in [5.41, 5.74) is 6.55. The molecular formula is C14H23N2O3. The van der Waals surface area contributed by atoms with Crippen molar-refractivity contribution in [1.82, 2.24) is 5.32 Å². The summed E-state index contributed by atoms with van der Waals surface area (Å²) in [5, 5.41) is 2.82. The quantitative estimate of drug-likeness (QED) is 0.747. The van der Waals surface area contributed by atoms with Gasteiger partial charge < -0.3 is 15.8 Å². The predicted octanol–water partition coefficient (Wildman–Crippen LogP) is 0.832. The number of hydrogen-bond acceptors (Lipinski definition) is 4. The van der Waals surface area contributed by atoms with Crippen LogP contribution in [0.15, 0.2) is 11.6 Å². The fourth-order valence-electron chi connectivity index (χ4n) is 2.32. The van der Waals surface area contributed by atoms with Gasteiger partial charge >= 0.3 is 0 Å². The number of nitrogens with two attached hydrogens (primary N) is 1. The highest BCUT2D eigenvalue weighted by molar-refractivity contribution is 5.76. The molecule has 0 aromatic heterocycles. The molecule has 5 heteroatoms. The normalized spacial score (nSPS) is 27.0. The largest absolute Gasteiger partial charge is 0.369 e. The van der Waals surface area contributed by atoms with Gasteiger partial charge in [-0.15, -0.1) is 0 Å². The van der Waals surface area contributed by atoms with Gasteiger partial charge in [-0.05, 0) is 25.3 Å². The van der Waals surface area contributed by atoms with E-state index in [2.05, 4.69) is 5.32 Å². The molecule has 0 bridgehead atoms. The number of hydrogen-bond donors (Lipinski definition) is 2. The second kappa shape index (κ2) is 7.40. The first kappa shape index (κ1) is 15.9. The molecular weight excluding hydrogens is 244 g/mol. The molecule has 1 aliphatic rings. The van der Waals surface area contributed by atoms with Gasteiger partial charge in [-0.1, -0.05) is 13.8 Å². The van der Waals surface area contributed by atoms with Gasteiger partial charge in [0.05, 0.1) is 18.2 Å². The van der Waals surface area contributed by atoms with Gasteiger partial charge in [-0.3, -0.25) is 9.59 Å². The van der Waals surface area contributed by atoms with E-state index in [4.69, 9.17) is 10.5 Å². The second-order valence-electron chi connectivity index (χ2n) is 4.93. The lowest BCUT2D eigenvalue weighted by molar-refractivity contribution is -0.121. The van der Waals surface area contributed by atoms with Crippen LogP contribution in [0.3, 0.4) is 0 Å². The standard InChI is InChI=1S/C14H23N2O3/c1-4-11(5-2)19-13-7-10(8-17)6-12(15)14(13)16-9(3)18/h7,11-14H,4-6,15H2,1-3H3,(H,16,18)/t12-,13+,14+/m0/s1. The SMILES string of the molecule is CCC(CC)O[C@@H]1C=C([C]=O)C[C@H](N)[C@H]1NC(C)=O. The molecule has 0 aromatic carbocycles. The fourth-order valence-corrected chi connectivity index (χ4v) is 2.32. The third kappa shape index (κ3) is 4.44. The summed E-state index contributed by atoms with van der Waals surface area (Å²) in [7, 11) is 0. The summed E-state index contributed by atoms with van der Waals surface area (Å²) < 4.78 is 5.96. The first-order valence-electron chi connectivity index (χ1n) is 6.78. The molecule has 3 atom stereocenters. The average molecular weight is 267 g/mol. The summed E-state index contributed by atoms with van der Waals surface area (Å²) in [6.07, 6.45) is 5.51. The Bertz CT molecular complexity index is 351. The molecule has 1 rings (SSSR count). The van der Waals surface area contributed by atoms with Gasteiger partial charge in [0, 0.05) is 18.5 Å². The Morgan fingerprint density at radius 1 is 1.58 bits per heavy atom. The van der Waals surface area contributed by atoms with Gasteiger partial charge in [0.2, 0.25) is 12.2 Å². The van der Waals surface area contributed by atoms with Gasteiger partial charge in [0.25, 0.3) is 0 Å². The van der Waals surface area contributed by atoms with Crippen LogP contribution in [0.4, 0.5) is 0 Å². The minimum Gasteiger partial charge on any atom is -0.369 e. The zero-order chi connectivity index (χ0) is 14.4. The molecule has 0 unspecified atom stereocenters. The van der Waals surface area contributed by atoms with E-state index in [1.54, 1.807) is 6.08 Å². The van der Waals surface area contributed by atoms with Crippen molar-refractivity contribution in [2.45, 2.75) is 64.3 Å². The molecule has 0 saturated heterocycles. The summed E-state index contributed by atoms with van der Waals surface area (Å²) in [4.78, 5) is 22.1. The zero-order valence-electron chi connectivity index (χ0n) is 11.8. The third-order valence-corrected chi connectivity index (χ3v) is 3.40. The lowest BCUT2D eigenvalue weighted by atomic mass is 9.89. The maximum Gasteiger partial charge on any atom is 0.228 e. The average Bonchev–Trinajstić information content (AvgIpc) is 2.38. The van der Waals surface area contributed by atoms with Crippen LogP contribution in [0.2, 0.25) is 0 Å². The van der Waals surface area contributed by atoms with E-state index in [0.717, 1.165) is 12.8 Å². The van der Waals surface area contributed by atoms with Crippen molar-refractivity contribution in [3.63, 3.8) is 0 Å². The minimum atomic E-state index is -0.367. The third-order valence-electron chi connectivity index (χ3n) is 3.40. The Morgan fingerprint density at radius 2 is 2.21 bits per heavy atom. The Morgan fingerprint density at radius 3 is 2.68 bits per heavy atom. The molecule has 1 radical (unpaired) electrons. The predicted molar refractivity (Wildman–Crippen MR) is 73.2 cm³/mol. The number of carbonyl (C=O) groups is 1. The summed E-state index contributed by atoms with van der Waals surface area (Å²) >= 11 is 0. The molecule has 1 aliphatic carbocycles. The van der Waals surface area contributed by atoms with E-state index >= 15 is 0 Å². The molecule has 5 nitrogen and oxygen atoms in total. The Hall–Kier alpha value is -1.20. The van der Waals surface area contributed by atoms with Crippen LogP contribution in [0.1, 0.15) is 40.0 Å². The van der Waals surface area contributed by atoms with Crippen molar-refractivity contribution in [3.05, 3.63) is 11.6 Å². The molecule has 107 valence electrons. The maximum absolute atomic E-state index is 11.3. The minimum absolute atomic E-state index is 0.0933. The fraction of sp³-hybridized carbons (Fsp3) is 0.714. The summed E-state index contributed by atoms with van der Waals surface area (Å²) in [6, 6.07) is -0.625. The number of nitrogens with one attached hydrogen (secondary N) is 1. The number of carbonyl (C=O) groups excluding carboxylic acids is 2. The van der Waals surface area contributed by atoms with E-state index in [1.165, 1.54) is 6.92 Å². The van der Waals surface area contributed by atoms with E-state index in [-0.39, 0.29) is 30.2 Å². The summed E-state index contributed by atoms with van der Waals surface area (Å²) in [5.74, 6) is -0.148. The van der Waals surface area contributed by atoms with Crippen molar-refractivity contribution >= 4 is 12.2 Å². The summed E-state index contributed by atoms with van der Waals surface area (Å²) in [6.45, 7) is 5.54. The van der Waals surface area contributed by atoms with E-state index in [9.17, 15) is 9.59 Å². The highest BCUT2D eigenvalue weighted by atomic mass is 16.5. The van der Waals surface area contributed by atoms with Gasteiger partial charge in [0.1, 0.15) is 0 Å². The molecule has 0 spiro atoms. The topological polar surface area (TPSA) is 81.4 Å². The lowest BCUT2D eigenvalue weighted by Crippen LogP contribution is -2.56. The lowest BCUT2D eigenvalue weighted by Gasteiger charge is -2.36.